The van der Waals surface area contributed by atoms with Crippen molar-refractivity contribution in [3.63, 3.8) is 0 Å². The van der Waals surface area contributed by atoms with Gasteiger partial charge in [0.1, 0.15) is 5.75 Å². The zero-order valence-electron chi connectivity index (χ0n) is 16.0. The third-order valence-corrected chi connectivity index (χ3v) is 6.30. The van der Waals surface area contributed by atoms with Gasteiger partial charge in [-0.2, -0.15) is 0 Å². The van der Waals surface area contributed by atoms with Crippen molar-refractivity contribution in [3.8, 4) is 5.75 Å². The fraction of sp³-hybridized carbons (Fsp3) is 0.500. The van der Waals surface area contributed by atoms with Gasteiger partial charge in [0.05, 0.1) is 13.4 Å². The highest BCUT2D eigenvalue weighted by molar-refractivity contribution is 5.91. The highest BCUT2D eigenvalue weighted by atomic mass is 16.5. The molecular formula is C22H28N2O3. The third-order valence-electron chi connectivity index (χ3n) is 6.30. The largest absolute Gasteiger partial charge is 0.497 e. The Morgan fingerprint density at radius 3 is 2.48 bits per heavy atom. The van der Waals surface area contributed by atoms with Crippen LogP contribution in [0.4, 0.5) is 0 Å². The first-order chi connectivity index (χ1) is 13.2. The van der Waals surface area contributed by atoms with E-state index in [-0.39, 0.29) is 5.91 Å². The maximum absolute atomic E-state index is 12.5. The first kappa shape index (κ1) is 18.1. The molecule has 4 rings (SSSR count). The number of furan rings is 1. The summed E-state index contributed by atoms with van der Waals surface area (Å²) in [6, 6.07) is 11.9. The number of likely N-dealkylation sites (tertiary alicyclic amines) is 2. The number of carbonyl (C=O) groups excluding carboxylic acids is 1. The lowest BCUT2D eigenvalue weighted by molar-refractivity contribution is 0.0270. The highest BCUT2D eigenvalue weighted by Gasteiger charge is 2.38. The van der Waals surface area contributed by atoms with Crippen LogP contribution in [0.15, 0.2) is 47.1 Å². The Labute approximate surface area is 160 Å². The molecule has 2 aliphatic rings. The third kappa shape index (κ3) is 4.03. The predicted octanol–water partition coefficient (Wildman–Crippen LogP) is 3.81. The monoisotopic (exact) mass is 368 g/mol. The minimum atomic E-state index is 0.0327. The summed E-state index contributed by atoms with van der Waals surface area (Å²) < 4.78 is 10.6. The van der Waals surface area contributed by atoms with Crippen molar-refractivity contribution >= 4 is 5.91 Å². The first-order valence-electron chi connectivity index (χ1n) is 9.86. The van der Waals surface area contributed by atoms with Gasteiger partial charge < -0.3 is 14.1 Å². The summed E-state index contributed by atoms with van der Waals surface area (Å²) in [5.74, 6) is 1.42. The van der Waals surface area contributed by atoms with Gasteiger partial charge in [0.2, 0.25) is 0 Å². The number of piperidine rings is 2. The SMILES string of the molecule is COc1cccc(CN2CCC3(CC2)CCN(C(=O)c2ccco2)CC3)c1. The summed E-state index contributed by atoms with van der Waals surface area (Å²) in [6.45, 7) is 4.92. The molecule has 1 aromatic carbocycles. The van der Waals surface area contributed by atoms with Gasteiger partial charge in [-0.05, 0) is 74.0 Å². The molecule has 0 unspecified atom stereocenters. The van der Waals surface area contributed by atoms with Crippen LogP contribution in [0.25, 0.3) is 0 Å². The van der Waals surface area contributed by atoms with Crippen LogP contribution >= 0.6 is 0 Å². The Hall–Kier alpha value is -2.27. The van der Waals surface area contributed by atoms with Crippen molar-refractivity contribution in [2.45, 2.75) is 32.2 Å². The zero-order valence-corrected chi connectivity index (χ0v) is 16.0. The summed E-state index contributed by atoms with van der Waals surface area (Å²) in [7, 11) is 1.72. The summed E-state index contributed by atoms with van der Waals surface area (Å²) in [6.07, 6.45) is 6.22. The van der Waals surface area contributed by atoms with Crippen LogP contribution in [-0.4, -0.2) is 49.0 Å². The molecule has 0 aliphatic carbocycles. The average molecular weight is 368 g/mol. The molecular weight excluding hydrogens is 340 g/mol. The molecule has 5 heteroatoms. The predicted molar refractivity (Wildman–Crippen MR) is 104 cm³/mol. The fourth-order valence-electron chi connectivity index (χ4n) is 4.45. The Morgan fingerprint density at radius 1 is 1.07 bits per heavy atom. The van der Waals surface area contributed by atoms with Crippen molar-refractivity contribution in [3.05, 3.63) is 54.0 Å². The van der Waals surface area contributed by atoms with Crippen LogP contribution in [0.5, 0.6) is 5.75 Å². The molecule has 144 valence electrons. The van der Waals surface area contributed by atoms with E-state index in [0.29, 0.717) is 11.2 Å². The number of methoxy groups -OCH3 is 1. The zero-order chi connectivity index (χ0) is 18.7. The maximum atomic E-state index is 12.5. The molecule has 0 radical (unpaired) electrons. The number of amides is 1. The van der Waals surface area contributed by atoms with Gasteiger partial charge >= 0.3 is 0 Å². The van der Waals surface area contributed by atoms with E-state index in [2.05, 4.69) is 23.1 Å². The Kier molecular flexibility index (Phi) is 5.21. The van der Waals surface area contributed by atoms with E-state index in [0.717, 1.165) is 51.3 Å². The van der Waals surface area contributed by atoms with E-state index in [1.165, 1.54) is 18.4 Å². The normalized spacial score (nSPS) is 20.0. The van der Waals surface area contributed by atoms with Crippen LogP contribution < -0.4 is 4.74 Å². The topological polar surface area (TPSA) is 45.9 Å². The molecule has 2 fully saturated rings. The van der Waals surface area contributed by atoms with Gasteiger partial charge in [0.15, 0.2) is 5.76 Å². The summed E-state index contributed by atoms with van der Waals surface area (Å²) in [5.41, 5.74) is 1.72. The van der Waals surface area contributed by atoms with Crippen LogP contribution in [0.1, 0.15) is 41.8 Å². The van der Waals surface area contributed by atoms with Gasteiger partial charge in [-0.15, -0.1) is 0 Å². The highest BCUT2D eigenvalue weighted by Crippen LogP contribution is 2.41. The lowest BCUT2D eigenvalue weighted by Crippen LogP contribution is -2.48. The molecule has 0 N–H and O–H groups in total. The molecule has 1 amide bonds. The van der Waals surface area contributed by atoms with E-state index in [1.54, 1.807) is 25.5 Å². The van der Waals surface area contributed by atoms with Gasteiger partial charge in [-0.1, -0.05) is 12.1 Å². The second-order valence-electron chi connectivity index (χ2n) is 7.90. The molecule has 27 heavy (non-hydrogen) atoms. The van der Waals surface area contributed by atoms with Crippen molar-refractivity contribution in [2.75, 3.05) is 33.3 Å². The summed E-state index contributed by atoms with van der Waals surface area (Å²) in [5, 5.41) is 0. The van der Waals surface area contributed by atoms with E-state index in [9.17, 15) is 4.79 Å². The lowest BCUT2D eigenvalue weighted by atomic mass is 9.71. The Morgan fingerprint density at radius 2 is 1.81 bits per heavy atom. The van der Waals surface area contributed by atoms with E-state index in [1.807, 2.05) is 11.0 Å². The van der Waals surface area contributed by atoms with E-state index < -0.39 is 0 Å². The first-order valence-corrected chi connectivity index (χ1v) is 9.86. The average Bonchev–Trinajstić information content (AvgIpc) is 3.25. The molecule has 1 spiro atoms. The number of hydrogen-bond donors (Lipinski definition) is 0. The van der Waals surface area contributed by atoms with Gasteiger partial charge in [-0.25, -0.2) is 0 Å². The number of hydrogen-bond acceptors (Lipinski definition) is 4. The van der Waals surface area contributed by atoms with Crippen LogP contribution in [0.3, 0.4) is 0 Å². The van der Waals surface area contributed by atoms with Crippen molar-refractivity contribution in [2.24, 2.45) is 5.41 Å². The summed E-state index contributed by atoms with van der Waals surface area (Å²) >= 11 is 0. The van der Waals surface area contributed by atoms with Crippen molar-refractivity contribution in [1.29, 1.82) is 0 Å². The fourth-order valence-corrected chi connectivity index (χ4v) is 4.45. The Bertz CT molecular complexity index is 754. The molecule has 2 aromatic rings. The minimum absolute atomic E-state index is 0.0327. The van der Waals surface area contributed by atoms with Crippen molar-refractivity contribution < 1.29 is 13.9 Å². The minimum Gasteiger partial charge on any atom is -0.497 e. The number of benzene rings is 1. The molecule has 2 saturated heterocycles. The molecule has 0 atom stereocenters. The number of rotatable bonds is 4. The molecule has 2 aliphatic heterocycles. The van der Waals surface area contributed by atoms with Gasteiger partial charge in [0, 0.05) is 19.6 Å². The second-order valence-corrected chi connectivity index (χ2v) is 7.90. The van der Waals surface area contributed by atoms with Crippen LogP contribution in [0.2, 0.25) is 0 Å². The van der Waals surface area contributed by atoms with Crippen LogP contribution in [-0.2, 0) is 6.54 Å². The molecule has 1 aromatic heterocycles. The Balaban J connectivity index is 1.28. The molecule has 5 nitrogen and oxygen atoms in total. The maximum Gasteiger partial charge on any atom is 0.289 e. The van der Waals surface area contributed by atoms with Crippen molar-refractivity contribution in [1.82, 2.24) is 9.80 Å². The quantitative estimate of drug-likeness (QED) is 0.823. The van der Waals surface area contributed by atoms with E-state index in [4.69, 9.17) is 9.15 Å². The number of carbonyl (C=O) groups is 1. The smallest absolute Gasteiger partial charge is 0.289 e. The molecule has 0 saturated carbocycles. The van der Waals surface area contributed by atoms with E-state index >= 15 is 0 Å². The van der Waals surface area contributed by atoms with Crippen LogP contribution in [0, 0.1) is 5.41 Å². The molecule has 0 bridgehead atoms. The second kappa shape index (κ2) is 7.77. The number of ether oxygens (including phenoxy) is 1. The number of nitrogens with zero attached hydrogens (tertiary/aromatic N) is 2. The standard InChI is InChI=1S/C22H28N2O3/c1-26-19-5-2-4-18(16-19)17-23-11-7-22(8-12-23)9-13-24(14-10-22)21(25)20-6-3-15-27-20/h2-6,15-16H,7-14,17H2,1H3. The molecule has 3 heterocycles. The lowest BCUT2D eigenvalue weighted by Gasteiger charge is -2.46. The van der Waals surface area contributed by atoms with Gasteiger partial charge in [-0.3, -0.25) is 9.69 Å². The van der Waals surface area contributed by atoms with Gasteiger partial charge in [0.25, 0.3) is 5.91 Å². The summed E-state index contributed by atoms with van der Waals surface area (Å²) in [4.78, 5) is 16.9.